The summed E-state index contributed by atoms with van der Waals surface area (Å²) >= 11 is 1.76. The highest BCUT2D eigenvalue weighted by Gasteiger charge is 2.26. The molecule has 1 amide bonds. The van der Waals surface area contributed by atoms with E-state index in [9.17, 15) is 4.79 Å². The van der Waals surface area contributed by atoms with Crippen molar-refractivity contribution in [3.05, 3.63) is 53.6 Å². The number of aryl methyl sites for hydroxylation is 1. The molecule has 0 bridgehead atoms. The Balaban J connectivity index is 1.31. The summed E-state index contributed by atoms with van der Waals surface area (Å²) in [6.45, 7) is 4.48. The van der Waals surface area contributed by atoms with Crippen molar-refractivity contribution in [3.8, 4) is 5.75 Å². The Morgan fingerprint density at radius 3 is 2.59 bits per heavy atom. The highest BCUT2D eigenvalue weighted by molar-refractivity contribution is 7.22. The largest absolute Gasteiger partial charge is 0.497 e. The van der Waals surface area contributed by atoms with E-state index in [4.69, 9.17) is 9.72 Å². The molecule has 4 rings (SSSR count). The summed E-state index contributed by atoms with van der Waals surface area (Å²) in [6, 6.07) is 14.3. The van der Waals surface area contributed by atoms with Crippen molar-refractivity contribution in [1.29, 1.82) is 0 Å². The normalized spacial score (nSPS) is 14.9. The van der Waals surface area contributed by atoms with Crippen LogP contribution in [0.25, 0.3) is 10.2 Å². The number of thiazole rings is 1. The first kappa shape index (κ1) is 19.7. The SMILES string of the molecule is CCc1ccc2nc(N3CCC(C(=O)NCc4ccc(OC)cc4)CC3)sc2c1. The summed E-state index contributed by atoms with van der Waals surface area (Å²) in [7, 11) is 1.65. The van der Waals surface area contributed by atoms with E-state index < -0.39 is 0 Å². The molecule has 1 aromatic heterocycles. The quantitative estimate of drug-likeness (QED) is 0.656. The van der Waals surface area contributed by atoms with Crippen molar-refractivity contribution in [3.63, 3.8) is 0 Å². The van der Waals surface area contributed by atoms with Gasteiger partial charge >= 0.3 is 0 Å². The number of nitrogens with one attached hydrogen (secondary N) is 1. The number of ether oxygens (including phenoxy) is 1. The van der Waals surface area contributed by atoms with Crippen LogP contribution in [0.4, 0.5) is 5.13 Å². The Hall–Kier alpha value is -2.60. The van der Waals surface area contributed by atoms with Crippen LogP contribution < -0.4 is 15.0 Å². The molecular formula is C23H27N3O2S. The van der Waals surface area contributed by atoms with Gasteiger partial charge in [-0.05, 0) is 54.7 Å². The van der Waals surface area contributed by atoms with Gasteiger partial charge in [-0.15, -0.1) is 0 Å². The monoisotopic (exact) mass is 409 g/mol. The molecule has 29 heavy (non-hydrogen) atoms. The second-order valence-corrected chi connectivity index (χ2v) is 8.49. The second kappa shape index (κ2) is 8.82. The lowest BCUT2D eigenvalue weighted by Crippen LogP contribution is -2.40. The van der Waals surface area contributed by atoms with E-state index in [1.54, 1.807) is 18.4 Å². The zero-order valence-corrected chi connectivity index (χ0v) is 17.8. The highest BCUT2D eigenvalue weighted by atomic mass is 32.1. The Kier molecular flexibility index (Phi) is 6.00. The number of carbonyl (C=O) groups is 1. The fourth-order valence-electron chi connectivity index (χ4n) is 3.72. The van der Waals surface area contributed by atoms with Gasteiger partial charge < -0.3 is 15.0 Å². The Labute approximate surface area is 175 Å². The molecule has 3 aromatic rings. The summed E-state index contributed by atoms with van der Waals surface area (Å²) in [5.74, 6) is 1.05. The zero-order valence-electron chi connectivity index (χ0n) is 17.0. The van der Waals surface area contributed by atoms with Gasteiger partial charge in [-0.25, -0.2) is 4.98 Å². The molecule has 0 atom stereocenters. The maximum Gasteiger partial charge on any atom is 0.223 e. The predicted octanol–water partition coefficient (Wildman–Crippen LogP) is 4.40. The molecule has 0 spiro atoms. The van der Waals surface area contributed by atoms with E-state index in [1.807, 2.05) is 24.3 Å². The van der Waals surface area contributed by atoms with Crippen LogP contribution in [-0.2, 0) is 17.8 Å². The number of benzene rings is 2. The van der Waals surface area contributed by atoms with Gasteiger partial charge in [0.05, 0.1) is 17.3 Å². The van der Waals surface area contributed by atoms with Crippen LogP contribution in [0.3, 0.4) is 0 Å². The minimum Gasteiger partial charge on any atom is -0.497 e. The van der Waals surface area contributed by atoms with Crippen LogP contribution in [0.2, 0.25) is 0 Å². The predicted molar refractivity (Wildman–Crippen MR) is 119 cm³/mol. The molecule has 1 N–H and O–H groups in total. The topological polar surface area (TPSA) is 54.5 Å². The number of hydrogen-bond donors (Lipinski definition) is 1. The third-order valence-corrected chi connectivity index (χ3v) is 6.69. The summed E-state index contributed by atoms with van der Waals surface area (Å²) in [5, 5.41) is 4.16. The average Bonchev–Trinajstić information content (AvgIpc) is 3.21. The van der Waals surface area contributed by atoms with Gasteiger partial charge in [-0.1, -0.05) is 36.5 Å². The summed E-state index contributed by atoms with van der Waals surface area (Å²) in [5.41, 5.74) is 3.50. The third-order valence-electron chi connectivity index (χ3n) is 5.61. The standard InChI is InChI=1S/C23H27N3O2S/c1-3-16-6-9-20-21(14-16)29-23(25-20)26-12-10-18(11-13-26)22(27)24-15-17-4-7-19(28-2)8-5-17/h4-9,14,18H,3,10-13,15H2,1-2H3,(H,24,27). The van der Waals surface area contributed by atoms with E-state index in [0.29, 0.717) is 6.54 Å². The second-order valence-electron chi connectivity index (χ2n) is 7.48. The van der Waals surface area contributed by atoms with E-state index in [-0.39, 0.29) is 11.8 Å². The number of amides is 1. The van der Waals surface area contributed by atoms with E-state index >= 15 is 0 Å². The van der Waals surface area contributed by atoms with Gasteiger partial charge in [0.1, 0.15) is 5.75 Å². The number of methoxy groups -OCH3 is 1. The van der Waals surface area contributed by atoms with Gasteiger partial charge in [-0.3, -0.25) is 4.79 Å². The van der Waals surface area contributed by atoms with Gasteiger partial charge in [-0.2, -0.15) is 0 Å². The zero-order chi connectivity index (χ0) is 20.2. The number of piperidine rings is 1. The Morgan fingerprint density at radius 1 is 1.17 bits per heavy atom. The molecule has 0 radical (unpaired) electrons. The minimum absolute atomic E-state index is 0.0746. The van der Waals surface area contributed by atoms with Crippen molar-refractivity contribution >= 4 is 32.6 Å². The Morgan fingerprint density at radius 2 is 1.90 bits per heavy atom. The van der Waals surface area contributed by atoms with Crippen LogP contribution in [0.1, 0.15) is 30.9 Å². The summed E-state index contributed by atoms with van der Waals surface area (Å²) in [6.07, 6.45) is 2.77. The van der Waals surface area contributed by atoms with Crippen molar-refractivity contribution in [2.75, 3.05) is 25.1 Å². The van der Waals surface area contributed by atoms with Crippen LogP contribution in [-0.4, -0.2) is 31.1 Å². The van der Waals surface area contributed by atoms with Crippen molar-refractivity contribution in [2.45, 2.75) is 32.7 Å². The molecule has 2 aromatic carbocycles. The Bertz CT molecular complexity index is 975. The number of rotatable bonds is 6. The van der Waals surface area contributed by atoms with Crippen molar-refractivity contribution in [2.24, 2.45) is 5.92 Å². The van der Waals surface area contributed by atoms with E-state index in [2.05, 4.69) is 35.3 Å². The van der Waals surface area contributed by atoms with Crippen LogP contribution in [0.5, 0.6) is 5.75 Å². The lowest BCUT2D eigenvalue weighted by Gasteiger charge is -2.31. The molecule has 152 valence electrons. The number of fused-ring (bicyclic) bond motifs is 1. The molecule has 0 saturated carbocycles. The lowest BCUT2D eigenvalue weighted by atomic mass is 9.96. The number of anilines is 1. The first-order chi connectivity index (χ1) is 14.2. The smallest absolute Gasteiger partial charge is 0.223 e. The maximum absolute atomic E-state index is 12.6. The fraction of sp³-hybridized carbons (Fsp3) is 0.391. The number of hydrogen-bond acceptors (Lipinski definition) is 5. The molecule has 1 fully saturated rings. The van der Waals surface area contributed by atoms with E-state index in [0.717, 1.165) is 54.3 Å². The fourth-order valence-corrected chi connectivity index (χ4v) is 4.80. The van der Waals surface area contributed by atoms with Gasteiger partial charge in [0.15, 0.2) is 5.13 Å². The molecule has 0 unspecified atom stereocenters. The van der Waals surface area contributed by atoms with Crippen molar-refractivity contribution < 1.29 is 9.53 Å². The molecule has 1 aliphatic heterocycles. The molecule has 0 aliphatic carbocycles. The molecule has 2 heterocycles. The number of nitrogens with zero attached hydrogens (tertiary/aromatic N) is 2. The summed E-state index contributed by atoms with van der Waals surface area (Å²) < 4.78 is 6.42. The highest BCUT2D eigenvalue weighted by Crippen LogP contribution is 2.32. The van der Waals surface area contributed by atoms with Crippen molar-refractivity contribution in [1.82, 2.24) is 10.3 Å². The molecule has 1 aliphatic rings. The van der Waals surface area contributed by atoms with Gasteiger partial charge in [0, 0.05) is 25.6 Å². The van der Waals surface area contributed by atoms with Crippen LogP contribution in [0, 0.1) is 5.92 Å². The molecule has 1 saturated heterocycles. The average molecular weight is 410 g/mol. The number of carbonyl (C=O) groups excluding carboxylic acids is 1. The van der Waals surface area contributed by atoms with Crippen LogP contribution in [0.15, 0.2) is 42.5 Å². The first-order valence-electron chi connectivity index (χ1n) is 10.2. The van der Waals surface area contributed by atoms with Gasteiger partial charge in [0.25, 0.3) is 0 Å². The summed E-state index contributed by atoms with van der Waals surface area (Å²) in [4.78, 5) is 19.7. The molecular weight excluding hydrogens is 382 g/mol. The van der Waals surface area contributed by atoms with Gasteiger partial charge in [0.2, 0.25) is 5.91 Å². The minimum atomic E-state index is 0.0746. The lowest BCUT2D eigenvalue weighted by molar-refractivity contribution is -0.125. The van der Waals surface area contributed by atoms with Crippen LogP contribution >= 0.6 is 11.3 Å². The first-order valence-corrected chi connectivity index (χ1v) is 11.0. The van der Waals surface area contributed by atoms with E-state index in [1.165, 1.54) is 10.3 Å². The number of aromatic nitrogens is 1. The third kappa shape index (κ3) is 4.53. The molecule has 5 nitrogen and oxygen atoms in total. The maximum atomic E-state index is 12.6. The molecule has 6 heteroatoms.